The molecule has 0 atom stereocenters. The minimum atomic E-state index is 0.271. The summed E-state index contributed by atoms with van der Waals surface area (Å²) in [6.45, 7) is 4.73. The summed E-state index contributed by atoms with van der Waals surface area (Å²) >= 11 is 0. The number of fused-ring (bicyclic) bond motifs is 1. The van der Waals surface area contributed by atoms with Gasteiger partial charge in [0.1, 0.15) is 0 Å². The van der Waals surface area contributed by atoms with E-state index < -0.39 is 0 Å². The fourth-order valence-electron chi connectivity index (χ4n) is 2.00. The summed E-state index contributed by atoms with van der Waals surface area (Å²) in [5, 5.41) is 5.24. The van der Waals surface area contributed by atoms with Crippen LogP contribution in [0.15, 0.2) is 41.1 Å². The number of benzene rings is 1. The monoisotopic (exact) mass is 241 g/mol. The highest BCUT2D eigenvalue weighted by atomic mass is 16.5. The molecule has 2 heterocycles. The van der Waals surface area contributed by atoms with Crippen molar-refractivity contribution in [1.29, 1.82) is 0 Å². The van der Waals surface area contributed by atoms with Crippen molar-refractivity contribution >= 4 is 10.9 Å². The number of aromatic nitrogens is 3. The first-order chi connectivity index (χ1) is 8.74. The third-order valence-electron chi connectivity index (χ3n) is 2.97. The van der Waals surface area contributed by atoms with Gasteiger partial charge in [0.05, 0.1) is 6.54 Å². The molecule has 0 saturated heterocycles. The Morgan fingerprint density at radius 1 is 1.22 bits per heavy atom. The molecule has 4 heteroatoms. The first-order valence-corrected chi connectivity index (χ1v) is 6.10. The maximum atomic E-state index is 5.21. The lowest BCUT2D eigenvalue weighted by atomic mass is 10.2. The minimum absolute atomic E-state index is 0.271. The van der Waals surface area contributed by atoms with Crippen LogP contribution < -0.4 is 0 Å². The van der Waals surface area contributed by atoms with Crippen LogP contribution in [0, 0.1) is 0 Å². The van der Waals surface area contributed by atoms with Gasteiger partial charge in [-0.25, -0.2) is 0 Å². The van der Waals surface area contributed by atoms with Gasteiger partial charge < -0.3 is 9.09 Å². The number of hydrogen-bond acceptors (Lipinski definition) is 3. The lowest BCUT2D eigenvalue weighted by molar-refractivity contribution is 0.360. The summed E-state index contributed by atoms with van der Waals surface area (Å²) in [6, 6.07) is 10.4. The number of nitrogens with zero attached hydrogens (tertiary/aromatic N) is 3. The Balaban J connectivity index is 1.91. The van der Waals surface area contributed by atoms with Crippen molar-refractivity contribution in [2.24, 2.45) is 0 Å². The maximum Gasteiger partial charge on any atom is 0.229 e. The molecule has 0 unspecified atom stereocenters. The van der Waals surface area contributed by atoms with Crippen LogP contribution in [0.3, 0.4) is 0 Å². The molecule has 3 rings (SSSR count). The molecule has 0 N–H and O–H groups in total. The zero-order valence-corrected chi connectivity index (χ0v) is 10.5. The molecule has 2 aromatic heterocycles. The molecule has 0 amide bonds. The smallest absolute Gasteiger partial charge is 0.229 e. The number of hydrogen-bond donors (Lipinski definition) is 0. The van der Waals surface area contributed by atoms with Crippen molar-refractivity contribution in [3.63, 3.8) is 0 Å². The molecule has 0 spiro atoms. The molecule has 0 aliphatic rings. The summed E-state index contributed by atoms with van der Waals surface area (Å²) in [5.41, 5.74) is 1.19. The zero-order chi connectivity index (χ0) is 12.5. The summed E-state index contributed by atoms with van der Waals surface area (Å²) in [5.74, 6) is 1.69. The topological polar surface area (TPSA) is 43.9 Å². The summed E-state index contributed by atoms with van der Waals surface area (Å²) in [6.07, 6.45) is 2.05. The quantitative estimate of drug-likeness (QED) is 0.707. The van der Waals surface area contributed by atoms with E-state index in [9.17, 15) is 0 Å². The van der Waals surface area contributed by atoms with E-state index >= 15 is 0 Å². The van der Waals surface area contributed by atoms with Gasteiger partial charge in [-0.3, -0.25) is 0 Å². The Morgan fingerprint density at radius 3 is 2.83 bits per heavy atom. The van der Waals surface area contributed by atoms with Crippen LogP contribution in [0.2, 0.25) is 0 Å². The molecule has 0 bridgehead atoms. The Hall–Kier alpha value is -2.10. The Kier molecular flexibility index (Phi) is 2.63. The Morgan fingerprint density at radius 2 is 2.06 bits per heavy atom. The second-order valence-corrected chi connectivity index (χ2v) is 4.71. The molecular formula is C14H15N3O. The van der Waals surface area contributed by atoms with Crippen LogP contribution in [-0.4, -0.2) is 14.7 Å². The summed E-state index contributed by atoms with van der Waals surface area (Å²) in [7, 11) is 0. The van der Waals surface area contributed by atoms with Crippen molar-refractivity contribution in [3.8, 4) is 0 Å². The van der Waals surface area contributed by atoms with Gasteiger partial charge in [-0.1, -0.05) is 37.2 Å². The van der Waals surface area contributed by atoms with Crippen LogP contribution in [0.1, 0.15) is 31.5 Å². The predicted octanol–water partition coefficient (Wildman–Crippen LogP) is 3.20. The van der Waals surface area contributed by atoms with Crippen LogP contribution in [-0.2, 0) is 6.54 Å². The fraction of sp³-hybridized carbons (Fsp3) is 0.286. The van der Waals surface area contributed by atoms with Crippen molar-refractivity contribution in [2.75, 3.05) is 0 Å². The second-order valence-electron chi connectivity index (χ2n) is 4.71. The summed E-state index contributed by atoms with van der Waals surface area (Å²) in [4.78, 5) is 4.39. The lowest BCUT2D eigenvalue weighted by Gasteiger charge is -2.00. The molecule has 0 saturated carbocycles. The van der Waals surface area contributed by atoms with E-state index in [1.807, 2.05) is 26.0 Å². The van der Waals surface area contributed by atoms with E-state index in [-0.39, 0.29) is 5.92 Å². The van der Waals surface area contributed by atoms with Gasteiger partial charge in [0.15, 0.2) is 5.82 Å². The second kappa shape index (κ2) is 4.29. The normalized spacial score (nSPS) is 11.5. The molecule has 4 nitrogen and oxygen atoms in total. The van der Waals surface area contributed by atoms with Crippen LogP contribution in [0.25, 0.3) is 10.9 Å². The maximum absolute atomic E-state index is 5.21. The van der Waals surface area contributed by atoms with Crippen LogP contribution in [0.4, 0.5) is 0 Å². The largest absolute Gasteiger partial charge is 0.340 e. The molecule has 0 aliphatic heterocycles. The Bertz CT molecular complexity index is 666. The van der Waals surface area contributed by atoms with Gasteiger partial charge in [0, 0.05) is 17.6 Å². The van der Waals surface area contributed by atoms with Gasteiger partial charge >= 0.3 is 0 Å². The van der Waals surface area contributed by atoms with Gasteiger partial charge in [0.2, 0.25) is 5.89 Å². The minimum Gasteiger partial charge on any atom is -0.340 e. The molecule has 1 aromatic carbocycles. The van der Waals surface area contributed by atoms with Crippen molar-refractivity contribution in [2.45, 2.75) is 26.3 Å². The highest BCUT2D eigenvalue weighted by molar-refractivity contribution is 5.79. The standard InChI is InChI=1S/C14H15N3O/c1-10(2)14-15-13(16-18-14)9-17-8-7-11-5-3-4-6-12(11)17/h3-8,10H,9H2,1-2H3. The molecule has 0 aliphatic carbocycles. The first-order valence-electron chi connectivity index (χ1n) is 6.10. The van der Waals surface area contributed by atoms with E-state index in [2.05, 4.69) is 39.1 Å². The van der Waals surface area contributed by atoms with Gasteiger partial charge in [0.25, 0.3) is 0 Å². The third kappa shape index (κ3) is 1.90. The molecule has 0 fully saturated rings. The van der Waals surface area contributed by atoms with E-state index in [1.165, 1.54) is 10.9 Å². The fourth-order valence-corrected chi connectivity index (χ4v) is 2.00. The molecule has 92 valence electrons. The third-order valence-corrected chi connectivity index (χ3v) is 2.97. The van der Waals surface area contributed by atoms with Crippen LogP contribution in [0.5, 0.6) is 0 Å². The van der Waals surface area contributed by atoms with E-state index in [1.54, 1.807) is 0 Å². The average molecular weight is 241 g/mol. The van der Waals surface area contributed by atoms with E-state index in [0.29, 0.717) is 12.4 Å². The molecule has 0 radical (unpaired) electrons. The van der Waals surface area contributed by atoms with E-state index in [4.69, 9.17) is 4.52 Å². The SMILES string of the molecule is CC(C)c1nc(Cn2ccc3ccccc32)no1. The van der Waals surface area contributed by atoms with Gasteiger partial charge in [-0.05, 0) is 17.5 Å². The highest BCUT2D eigenvalue weighted by Gasteiger charge is 2.10. The van der Waals surface area contributed by atoms with Crippen molar-refractivity contribution in [3.05, 3.63) is 48.2 Å². The summed E-state index contributed by atoms with van der Waals surface area (Å²) < 4.78 is 7.34. The highest BCUT2D eigenvalue weighted by Crippen LogP contribution is 2.17. The van der Waals surface area contributed by atoms with Crippen LogP contribution >= 0.6 is 0 Å². The zero-order valence-electron chi connectivity index (χ0n) is 10.5. The van der Waals surface area contributed by atoms with Gasteiger partial charge in [-0.15, -0.1) is 0 Å². The predicted molar refractivity (Wildman–Crippen MR) is 69.4 cm³/mol. The van der Waals surface area contributed by atoms with Crippen molar-refractivity contribution in [1.82, 2.24) is 14.7 Å². The lowest BCUT2D eigenvalue weighted by Crippen LogP contribution is -2.00. The molecular weight excluding hydrogens is 226 g/mol. The molecule has 18 heavy (non-hydrogen) atoms. The first kappa shape index (κ1) is 11.0. The number of rotatable bonds is 3. The molecule has 3 aromatic rings. The number of para-hydroxylation sites is 1. The van der Waals surface area contributed by atoms with Gasteiger partial charge in [-0.2, -0.15) is 4.98 Å². The Labute approximate surface area is 105 Å². The van der Waals surface area contributed by atoms with E-state index in [0.717, 1.165) is 5.82 Å². The van der Waals surface area contributed by atoms with Crippen molar-refractivity contribution < 1.29 is 4.52 Å². The average Bonchev–Trinajstić information content (AvgIpc) is 2.98.